The van der Waals surface area contributed by atoms with E-state index in [2.05, 4.69) is 10.1 Å². The van der Waals surface area contributed by atoms with Gasteiger partial charge in [0.05, 0.1) is 18.4 Å². The molecule has 1 aromatic rings. The first-order valence-corrected chi connectivity index (χ1v) is 6.99. The first-order chi connectivity index (χ1) is 8.80. The summed E-state index contributed by atoms with van der Waals surface area (Å²) < 4.78 is 18.3. The molecule has 0 heterocycles. The lowest BCUT2D eigenvalue weighted by Crippen LogP contribution is -2.26. The van der Waals surface area contributed by atoms with Crippen LogP contribution in [-0.2, 0) is 4.74 Å². The highest BCUT2D eigenvalue weighted by molar-refractivity contribution is 7.99. The molecule has 19 heavy (non-hydrogen) atoms. The predicted molar refractivity (Wildman–Crippen MR) is 78.2 cm³/mol. The molecular formula is C13H19FN2O2S. The van der Waals surface area contributed by atoms with Crippen molar-refractivity contribution in [3.05, 3.63) is 23.5 Å². The molecule has 0 radical (unpaired) electrons. The predicted octanol–water partition coefficient (Wildman–Crippen LogP) is 2.75. The van der Waals surface area contributed by atoms with E-state index in [0.29, 0.717) is 6.54 Å². The monoisotopic (exact) mass is 286 g/mol. The van der Waals surface area contributed by atoms with E-state index in [1.807, 2.05) is 20.1 Å². The number of hydrogen-bond acceptors (Lipinski definition) is 5. The minimum atomic E-state index is -0.579. The maximum atomic E-state index is 13.8. The lowest BCUT2D eigenvalue weighted by atomic mass is 10.1. The summed E-state index contributed by atoms with van der Waals surface area (Å²) in [5.41, 5.74) is 6.08. The second-order valence-electron chi connectivity index (χ2n) is 4.73. The highest BCUT2D eigenvalue weighted by atomic mass is 32.2. The molecule has 0 spiro atoms. The summed E-state index contributed by atoms with van der Waals surface area (Å²) in [6.07, 6.45) is 1.99. The molecule has 0 aliphatic carbocycles. The number of thioether (sulfide) groups is 1. The number of nitrogens with two attached hydrogens (primary N) is 1. The Bertz CT molecular complexity index is 478. The Morgan fingerprint density at radius 2 is 2.16 bits per heavy atom. The summed E-state index contributed by atoms with van der Waals surface area (Å²) in [5.74, 6) is -1.06. The molecule has 1 rings (SSSR count). The van der Waals surface area contributed by atoms with Crippen molar-refractivity contribution in [2.75, 3.05) is 31.0 Å². The summed E-state index contributed by atoms with van der Waals surface area (Å²) in [7, 11) is 1.26. The molecule has 0 saturated heterocycles. The third-order valence-electron chi connectivity index (χ3n) is 2.80. The number of rotatable bonds is 5. The van der Waals surface area contributed by atoms with Gasteiger partial charge in [-0.1, -0.05) is 0 Å². The van der Waals surface area contributed by atoms with E-state index in [1.165, 1.54) is 13.2 Å². The number of ether oxygens (including phenoxy) is 1. The minimum absolute atomic E-state index is 0.0424. The van der Waals surface area contributed by atoms with E-state index in [9.17, 15) is 9.18 Å². The van der Waals surface area contributed by atoms with Crippen molar-refractivity contribution in [2.45, 2.75) is 18.6 Å². The molecule has 0 aliphatic heterocycles. The smallest absolute Gasteiger partial charge is 0.340 e. The van der Waals surface area contributed by atoms with Crippen molar-refractivity contribution in [1.29, 1.82) is 0 Å². The second kappa shape index (κ2) is 6.14. The van der Waals surface area contributed by atoms with E-state index in [4.69, 9.17) is 5.73 Å². The fraction of sp³-hybridized carbons (Fsp3) is 0.462. The molecule has 3 N–H and O–H groups in total. The Balaban J connectivity index is 2.98. The number of methoxy groups -OCH3 is 1. The summed E-state index contributed by atoms with van der Waals surface area (Å²) in [6.45, 7) is 4.65. The average Bonchev–Trinajstić information content (AvgIpc) is 2.37. The number of anilines is 2. The number of nitrogen functional groups attached to an aromatic ring is 1. The number of carbonyl (C=O) groups excluding carboxylic acids is 1. The summed E-state index contributed by atoms with van der Waals surface area (Å²) in [5, 5.41) is 2.99. The Morgan fingerprint density at radius 3 is 2.68 bits per heavy atom. The van der Waals surface area contributed by atoms with Gasteiger partial charge in [0.25, 0.3) is 0 Å². The normalized spacial score (nSPS) is 11.2. The van der Waals surface area contributed by atoms with E-state index < -0.39 is 11.8 Å². The van der Waals surface area contributed by atoms with E-state index >= 15 is 0 Å². The standard InChI is InChI=1S/C13H19FN2O2S/c1-13(2,19-4)7-16-11-5-8(12(17)18-3)10(15)6-9(11)14/h5-6,16H,7,15H2,1-4H3. The van der Waals surface area contributed by atoms with Gasteiger partial charge >= 0.3 is 5.97 Å². The van der Waals surface area contributed by atoms with Gasteiger partial charge in [-0.15, -0.1) is 0 Å². The number of carbonyl (C=O) groups is 1. The Morgan fingerprint density at radius 1 is 1.53 bits per heavy atom. The fourth-order valence-corrected chi connectivity index (χ4v) is 1.61. The van der Waals surface area contributed by atoms with Crippen LogP contribution in [0.2, 0.25) is 0 Å². The molecule has 4 nitrogen and oxygen atoms in total. The third kappa shape index (κ3) is 4.02. The average molecular weight is 286 g/mol. The van der Waals surface area contributed by atoms with Gasteiger partial charge < -0.3 is 15.8 Å². The van der Waals surface area contributed by atoms with Crippen LogP contribution in [-0.4, -0.2) is 30.6 Å². The van der Waals surface area contributed by atoms with Gasteiger partial charge in [-0.3, -0.25) is 0 Å². The Kier molecular flexibility index (Phi) is 5.05. The molecule has 0 fully saturated rings. The maximum Gasteiger partial charge on any atom is 0.340 e. The summed E-state index contributed by atoms with van der Waals surface area (Å²) in [4.78, 5) is 11.5. The van der Waals surface area contributed by atoms with Gasteiger partial charge in [0.2, 0.25) is 0 Å². The Hall–Kier alpha value is -1.43. The van der Waals surface area contributed by atoms with Crippen LogP contribution in [0.1, 0.15) is 24.2 Å². The van der Waals surface area contributed by atoms with Crippen LogP contribution < -0.4 is 11.1 Å². The van der Waals surface area contributed by atoms with E-state index in [0.717, 1.165) is 6.07 Å². The first kappa shape index (κ1) is 15.6. The highest BCUT2D eigenvalue weighted by Gasteiger charge is 2.18. The van der Waals surface area contributed by atoms with Gasteiger partial charge in [-0.2, -0.15) is 11.8 Å². The highest BCUT2D eigenvalue weighted by Crippen LogP contribution is 2.26. The van der Waals surface area contributed by atoms with Gasteiger partial charge in [0, 0.05) is 17.0 Å². The van der Waals surface area contributed by atoms with Gasteiger partial charge in [-0.25, -0.2) is 9.18 Å². The number of esters is 1. The van der Waals surface area contributed by atoms with Crippen LogP contribution in [0.4, 0.5) is 15.8 Å². The van der Waals surface area contributed by atoms with Crippen molar-refractivity contribution in [3.63, 3.8) is 0 Å². The van der Waals surface area contributed by atoms with Gasteiger partial charge in [-0.05, 0) is 32.2 Å². The molecule has 0 amide bonds. The molecule has 0 aromatic heterocycles. The molecule has 0 bridgehead atoms. The van der Waals surface area contributed by atoms with E-state index in [1.54, 1.807) is 11.8 Å². The molecular weight excluding hydrogens is 267 g/mol. The van der Waals surface area contributed by atoms with Crippen molar-refractivity contribution in [2.24, 2.45) is 0 Å². The van der Waals surface area contributed by atoms with Gasteiger partial charge in [0.15, 0.2) is 0 Å². The molecule has 0 atom stereocenters. The molecule has 0 aliphatic rings. The molecule has 1 aromatic carbocycles. The first-order valence-electron chi connectivity index (χ1n) is 5.77. The molecule has 106 valence electrons. The summed E-state index contributed by atoms with van der Waals surface area (Å²) in [6, 6.07) is 2.51. The molecule has 0 saturated carbocycles. The zero-order valence-corrected chi connectivity index (χ0v) is 12.4. The van der Waals surface area contributed by atoms with Crippen LogP contribution in [0.25, 0.3) is 0 Å². The maximum absolute atomic E-state index is 13.8. The fourth-order valence-electron chi connectivity index (χ4n) is 1.39. The quantitative estimate of drug-likeness (QED) is 0.643. The van der Waals surface area contributed by atoms with Crippen molar-refractivity contribution >= 4 is 29.1 Å². The van der Waals surface area contributed by atoms with Crippen LogP contribution in [0, 0.1) is 5.82 Å². The SMILES string of the molecule is COC(=O)c1cc(NCC(C)(C)SC)c(F)cc1N. The molecule has 0 unspecified atom stereocenters. The zero-order valence-electron chi connectivity index (χ0n) is 11.5. The Labute approximate surface area is 116 Å². The van der Waals surface area contributed by atoms with Crippen LogP contribution in [0.15, 0.2) is 12.1 Å². The number of nitrogens with one attached hydrogen (secondary N) is 1. The lowest BCUT2D eigenvalue weighted by Gasteiger charge is -2.23. The number of halogens is 1. The van der Waals surface area contributed by atoms with Gasteiger partial charge in [0.1, 0.15) is 5.82 Å². The topological polar surface area (TPSA) is 64.3 Å². The summed E-state index contributed by atoms with van der Waals surface area (Å²) >= 11 is 1.67. The number of hydrogen-bond donors (Lipinski definition) is 2. The van der Waals surface area contributed by atoms with Crippen LogP contribution in [0.5, 0.6) is 0 Å². The molecule has 6 heteroatoms. The van der Waals surface area contributed by atoms with Crippen LogP contribution in [0.3, 0.4) is 0 Å². The minimum Gasteiger partial charge on any atom is -0.465 e. The second-order valence-corrected chi connectivity index (χ2v) is 6.24. The van der Waals surface area contributed by atoms with Crippen molar-refractivity contribution in [1.82, 2.24) is 0 Å². The largest absolute Gasteiger partial charge is 0.465 e. The number of benzene rings is 1. The van der Waals surface area contributed by atoms with Crippen molar-refractivity contribution < 1.29 is 13.9 Å². The lowest BCUT2D eigenvalue weighted by molar-refractivity contribution is 0.0602. The van der Waals surface area contributed by atoms with Crippen molar-refractivity contribution in [3.8, 4) is 0 Å². The zero-order chi connectivity index (χ0) is 14.6. The van der Waals surface area contributed by atoms with Crippen LogP contribution >= 0.6 is 11.8 Å². The van der Waals surface area contributed by atoms with E-state index in [-0.39, 0.29) is 21.7 Å². The third-order valence-corrected chi connectivity index (χ3v) is 4.05.